The van der Waals surface area contributed by atoms with Crippen molar-refractivity contribution in [3.8, 4) is 0 Å². The smallest absolute Gasteiger partial charge is 0.181 e. The van der Waals surface area contributed by atoms with E-state index in [9.17, 15) is 4.79 Å². The van der Waals surface area contributed by atoms with E-state index in [4.69, 9.17) is 27.9 Å². The number of morpholine rings is 1. The van der Waals surface area contributed by atoms with E-state index >= 15 is 0 Å². The number of Topliss-reactive ketones (excluding diaryl/α,β-unsaturated/α-hetero) is 1. The molecule has 0 bridgehead atoms. The Balaban J connectivity index is 2.20. The molecule has 116 valence electrons. The predicted octanol–water partition coefficient (Wildman–Crippen LogP) is 4.06. The lowest BCUT2D eigenvalue weighted by Crippen LogP contribution is -2.54. The minimum atomic E-state index is -0.222. The number of hydrogen-bond donors (Lipinski definition) is 0. The highest BCUT2D eigenvalue weighted by Gasteiger charge is 2.33. The van der Waals surface area contributed by atoms with E-state index in [-0.39, 0.29) is 24.0 Å². The van der Waals surface area contributed by atoms with Gasteiger partial charge in [-0.3, -0.25) is 9.69 Å². The summed E-state index contributed by atoms with van der Waals surface area (Å²) >= 11 is 12.0. The molecule has 5 heteroatoms. The van der Waals surface area contributed by atoms with Crippen molar-refractivity contribution in [3.05, 3.63) is 33.8 Å². The normalized spacial score (nSPS) is 24.8. The summed E-state index contributed by atoms with van der Waals surface area (Å²) in [5.41, 5.74) is 0.530. The van der Waals surface area contributed by atoms with E-state index in [1.807, 2.05) is 13.8 Å². The molecule has 0 aliphatic carbocycles. The lowest BCUT2D eigenvalue weighted by molar-refractivity contribution is -0.0648. The third-order valence-corrected chi connectivity index (χ3v) is 4.60. The zero-order valence-electron chi connectivity index (χ0n) is 12.6. The third-order valence-electron chi connectivity index (χ3n) is 4.05. The first kappa shape index (κ1) is 16.8. The van der Waals surface area contributed by atoms with Crippen molar-refractivity contribution < 1.29 is 9.53 Å². The van der Waals surface area contributed by atoms with Crippen molar-refractivity contribution in [2.75, 3.05) is 13.2 Å². The van der Waals surface area contributed by atoms with Crippen molar-refractivity contribution in [2.24, 2.45) is 0 Å². The standard InChI is InChI=1S/C16H21Cl2NO2/c1-4-13-9-21-10(2)8-19(13)11(3)16(20)14-6-5-12(17)7-15(14)18/h5-7,10-11,13H,4,8-9H2,1-3H3. The summed E-state index contributed by atoms with van der Waals surface area (Å²) in [5.74, 6) is 0.0317. The minimum Gasteiger partial charge on any atom is -0.376 e. The number of benzene rings is 1. The van der Waals surface area contributed by atoms with Gasteiger partial charge in [0.15, 0.2) is 5.78 Å². The number of ketones is 1. The Labute approximate surface area is 136 Å². The molecule has 3 nitrogen and oxygen atoms in total. The Morgan fingerprint density at radius 3 is 2.81 bits per heavy atom. The molecule has 1 aliphatic heterocycles. The van der Waals surface area contributed by atoms with Gasteiger partial charge in [-0.25, -0.2) is 0 Å². The van der Waals surface area contributed by atoms with Crippen molar-refractivity contribution in [3.63, 3.8) is 0 Å². The predicted molar refractivity (Wildman–Crippen MR) is 86.5 cm³/mol. The molecule has 0 spiro atoms. The molecule has 0 aromatic heterocycles. The molecule has 1 aromatic rings. The van der Waals surface area contributed by atoms with Gasteiger partial charge in [0.25, 0.3) is 0 Å². The summed E-state index contributed by atoms with van der Waals surface area (Å²) in [4.78, 5) is 15.0. The molecule has 0 N–H and O–H groups in total. The Bertz CT molecular complexity index is 521. The van der Waals surface area contributed by atoms with Gasteiger partial charge in [0.1, 0.15) is 0 Å². The van der Waals surface area contributed by atoms with E-state index in [2.05, 4.69) is 11.8 Å². The minimum absolute atomic E-state index is 0.0317. The van der Waals surface area contributed by atoms with Crippen molar-refractivity contribution in [2.45, 2.75) is 45.4 Å². The summed E-state index contributed by atoms with van der Waals surface area (Å²) in [5, 5.41) is 0.948. The maximum atomic E-state index is 12.7. The molecule has 0 radical (unpaired) electrons. The van der Waals surface area contributed by atoms with Gasteiger partial charge in [-0.15, -0.1) is 0 Å². The number of rotatable bonds is 4. The number of carbonyl (C=O) groups is 1. The van der Waals surface area contributed by atoms with E-state index in [0.717, 1.165) is 13.0 Å². The number of hydrogen-bond acceptors (Lipinski definition) is 3. The van der Waals surface area contributed by atoms with Crippen LogP contribution in [0.5, 0.6) is 0 Å². The maximum Gasteiger partial charge on any atom is 0.181 e. The molecule has 3 atom stereocenters. The van der Waals surface area contributed by atoms with Crippen LogP contribution in [0.25, 0.3) is 0 Å². The molecule has 2 rings (SSSR count). The SMILES string of the molecule is CCC1COC(C)CN1C(C)C(=O)c1ccc(Cl)cc1Cl. The maximum absolute atomic E-state index is 12.7. The van der Waals surface area contributed by atoms with E-state index in [1.54, 1.807) is 18.2 Å². The second-order valence-corrected chi connectivity index (χ2v) is 6.41. The van der Waals surface area contributed by atoms with Crippen LogP contribution in [-0.2, 0) is 4.74 Å². The van der Waals surface area contributed by atoms with Crippen LogP contribution in [0.15, 0.2) is 18.2 Å². The highest BCUT2D eigenvalue weighted by Crippen LogP contribution is 2.25. The van der Waals surface area contributed by atoms with Crippen LogP contribution in [0, 0.1) is 0 Å². The number of nitrogens with zero attached hydrogens (tertiary/aromatic N) is 1. The fourth-order valence-corrected chi connectivity index (χ4v) is 3.26. The fourth-order valence-electron chi connectivity index (χ4n) is 2.76. The summed E-state index contributed by atoms with van der Waals surface area (Å²) in [6.07, 6.45) is 1.10. The Kier molecular flexibility index (Phi) is 5.67. The summed E-state index contributed by atoms with van der Waals surface area (Å²) in [7, 11) is 0. The number of halogens is 2. The van der Waals surface area contributed by atoms with Gasteiger partial charge in [0, 0.05) is 23.2 Å². The first-order valence-electron chi connectivity index (χ1n) is 7.30. The first-order valence-corrected chi connectivity index (χ1v) is 8.06. The van der Waals surface area contributed by atoms with E-state index < -0.39 is 0 Å². The van der Waals surface area contributed by atoms with Crippen LogP contribution in [0.3, 0.4) is 0 Å². The molecule has 21 heavy (non-hydrogen) atoms. The molecular formula is C16H21Cl2NO2. The molecule has 1 heterocycles. The highest BCUT2D eigenvalue weighted by atomic mass is 35.5. The summed E-state index contributed by atoms with van der Waals surface area (Å²) in [6.45, 7) is 7.52. The van der Waals surface area contributed by atoms with Crippen LogP contribution < -0.4 is 0 Å². The van der Waals surface area contributed by atoms with Gasteiger partial charge < -0.3 is 4.74 Å². The van der Waals surface area contributed by atoms with Crippen LogP contribution in [0.1, 0.15) is 37.6 Å². The average molecular weight is 330 g/mol. The largest absolute Gasteiger partial charge is 0.376 e. The Morgan fingerprint density at radius 1 is 1.48 bits per heavy atom. The molecule has 1 aliphatic rings. The van der Waals surface area contributed by atoms with Crippen molar-refractivity contribution in [1.82, 2.24) is 4.90 Å². The zero-order valence-corrected chi connectivity index (χ0v) is 14.1. The molecule has 0 saturated carbocycles. The Hall–Kier alpha value is -0.610. The van der Waals surface area contributed by atoms with Crippen LogP contribution in [0.2, 0.25) is 10.0 Å². The summed E-state index contributed by atoms with van der Waals surface area (Å²) in [6, 6.07) is 5.06. The monoisotopic (exact) mass is 329 g/mol. The van der Waals surface area contributed by atoms with Crippen molar-refractivity contribution >= 4 is 29.0 Å². The van der Waals surface area contributed by atoms with Crippen LogP contribution in [0.4, 0.5) is 0 Å². The first-order chi connectivity index (χ1) is 9.93. The second-order valence-electron chi connectivity index (χ2n) is 5.57. The van der Waals surface area contributed by atoms with Gasteiger partial charge in [0.2, 0.25) is 0 Å². The van der Waals surface area contributed by atoms with Crippen molar-refractivity contribution in [1.29, 1.82) is 0 Å². The van der Waals surface area contributed by atoms with Gasteiger partial charge in [-0.05, 0) is 38.5 Å². The topological polar surface area (TPSA) is 29.5 Å². The van der Waals surface area contributed by atoms with Gasteiger partial charge in [-0.2, -0.15) is 0 Å². The number of carbonyl (C=O) groups excluding carboxylic acids is 1. The molecule has 1 aromatic carbocycles. The highest BCUT2D eigenvalue weighted by molar-refractivity contribution is 6.37. The van der Waals surface area contributed by atoms with E-state index in [0.29, 0.717) is 22.2 Å². The fraction of sp³-hybridized carbons (Fsp3) is 0.562. The Morgan fingerprint density at radius 2 is 2.19 bits per heavy atom. The lowest BCUT2D eigenvalue weighted by atomic mass is 10.0. The van der Waals surface area contributed by atoms with Crippen LogP contribution in [-0.4, -0.2) is 42.0 Å². The van der Waals surface area contributed by atoms with E-state index in [1.165, 1.54) is 0 Å². The molecule has 1 saturated heterocycles. The zero-order chi connectivity index (χ0) is 15.6. The van der Waals surface area contributed by atoms with Gasteiger partial charge >= 0.3 is 0 Å². The molecule has 1 fully saturated rings. The third kappa shape index (κ3) is 3.78. The second kappa shape index (κ2) is 7.10. The average Bonchev–Trinajstić information content (AvgIpc) is 2.45. The summed E-state index contributed by atoms with van der Waals surface area (Å²) < 4.78 is 5.69. The molecule has 0 amide bonds. The lowest BCUT2D eigenvalue weighted by Gasteiger charge is -2.41. The van der Waals surface area contributed by atoms with Crippen LogP contribution >= 0.6 is 23.2 Å². The molecule has 3 unspecified atom stereocenters. The molecular weight excluding hydrogens is 309 g/mol. The number of ether oxygens (including phenoxy) is 1. The quantitative estimate of drug-likeness (QED) is 0.780. The van der Waals surface area contributed by atoms with Gasteiger partial charge in [-0.1, -0.05) is 30.1 Å². The van der Waals surface area contributed by atoms with Gasteiger partial charge in [0.05, 0.1) is 23.8 Å².